The average Bonchev–Trinajstić information content (AvgIpc) is 2.94. The summed E-state index contributed by atoms with van der Waals surface area (Å²) in [5.74, 6) is -0.0347. The van der Waals surface area contributed by atoms with Crippen LogP contribution in [0.4, 0.5) is 16.6 Å². The second kappa shape index (κ2) is 6.22. The normalized spacial score (nSPS) is 10.2. The van der Waals surface area contributed by atoms with Gasteiger partial charge in [-0.3, -0.25) is 10.1 Å². The van der Waals surface area contributed by atoms with E-state index in [-0.39, 0.29) is 11.6 Å². The molecule has 3 aromatic rings. The summed E-state index contributed by atoms with van der Waals surface area (Å²) < 4.78 is 0. The van der Waals surface area contributed by atoms with Gasteiger partial charge in [0.05, 0.1) is 5.69 Å². The highest BCUT2D eigenvalue weighted by Crippen LogP contribution is 2.18. The minimum absolute atomic E-state index is 0.180. The highest BCUT2D eigenvalue weighted by Gasteiger charge is 2.16. The molecule has 0 aromatic carbocycles. The number of hydrogen-bond donors (Lipinski definition) is 2. The largest absolute Gasteiger partial charge is 0.332 e. The van der Waals surface area contributed by atoms with Crippen molar-refractivity contribution in [2.75, 3.05) is 10.6 Å². The fraction of sp³-hybridized carbons (Fsp3) is 0.0769. The Balaban J connectivity index is 1.83. The third-order valence-corrected chi connectivity index (χ3v) is 3.49. The Labute approximate surface area is 129 Å². The highest BCUT2D eigenvalue weighted by molar-refractivity contribution is 7.13. The molecule has 3 heterocycles. The first-order chi connectivity index (χ1) is 10.7. The third-order valence-electron chi connectivity index (χ3n) is 2.62. The Morgan fingerprint density at radius 2 is 2.18 bits per heavy atom. The molecule has 22 heavy (non-hydrogen) atoms. The third kappa shape index (κ3) is 3.20. The molecule has 1 amide bonds. The molecule has 0 aliphatic rings. The number of aryl methyl sites for hydroxylation is 1. The first-order valence-corrected chi connectivity index (χ1v) is 7.23. The lowest BCUT2D eigenvalue weighted by molar-refractivity contribution is -0.381. The summed E-state index contributed by atoms with van der Waals surface area (Å²) in [4.78, 5) is 31.5. The first-order valence-electron chi connectivity index (χ1n) is 6.35. The number of H-pyrrole nitrogens is 1. The molecule has 0 radical (unpaired) electrons. The second-order valence-electron chi connectivity index (χ2n) is 4.30. The number of rotatable bonds is 4. The van der Waals surface area contributed by atoms with Crippen molar-refractivity contribution in [3.8, 4) is 0 Å². The van der Waals surface area contributed by atoms with E-state index in [2.05, 4.69) is 35.6 Å². The van der Waals surface area contributed by atoms with Gasteiger partial charge in [-0.25, -0.2) is 19.9 Å². The molecule has 0 spiro atoms. The van der Waals surface area contributed by atoms with E-state index in [0.29, 0.717) is 16.6 Å². The maximum Gasteiger partial charge on any atom is 0.284 e. The second-order valence-corrected chi connectivity index (χ2v) is 5.16. The number of nitrogens with one attached hydrogen (secondary N) is 3. The number of carbonyl (C=O) groups excluding carboxylic acids is 1. The SMILES string of the molecule is Cc1csc(NC(=O)c2nccnc2Nc2cnc[nH+]c2)n1. The number of thiazole rings is 1. The van der Waals surface area contributed by atoms with Gasteiger partial charge >= 0.3 is 0 Å². The standard InChI is InChI=1S/C13H11N7OS/c1-8-6-22-13(18-8)20-12(21)10-11(17-3-2-16-10)19-9-4-14-7-15-5-9/h2-7H,1H3,(H,17,19)(H,18,20,21)/p+1. The minimum atomic E-state index is -0.377. The van der Waals surface area contributed by atoms with E-state index >= 15 is 0 Å². The zero-order valence-corrected chi connectivity index (χ0v) is 12.4. The zero-order valence-electron chi connectivity index (χ0n) is 11.6. The number of amides is 1. The van der Waals surface area contributed by atoms with Crippen molar-refractivity contribution in [3.63, 3.8) is 0 Å². The molecule has 3 N–H and O–H groups in total. The predicted molar refractivity (Wildman–Crippen MR) is 80.9 cm³/mol. The van der Waals surface area contributed by atoms with E-state index in [1.165, 1.54) is 23.7 Å². The van der Waals surface area contributed by atoms with Crippen molar-refractivity contribution in [1.29, 1.82) is 0 Å². The van der Waals surface area contributed by atoms with E-state index in [9.17, 15) is 4.79 Å². The summed E-state index contributed by atoms with van der Waals surface area (Å²) in [6.45, 7) is 1.86. The Hall–Kier alpha value is -2.94. The Kier molecular flexibility index (Phi) is 3.97. The molecule has 0 bridgehead atoms. The topological polar surface area (TPSA) is 107 Å². The first kappa shape index (κ1) is 14.0. The molecule has 3 rings (SSSR count). The highest BCUT2D eigenvalue weighted by atomic mass is 32.1. The van der Waals surface area contributed by atoms with Crippen LogP contribution in [-0.4, -0.2) is 25.8 Å². The van der Waals surface area contributed by atoms with Crippen LogP contribution in [0.5, 0.6) is 0 Å². The van der Waals surface area contributed by atoms with Crippen LogP contribution in [0.15, 0.2) is 36.5 Å². The maximum atomic E-state index is 12.3. The van der Waals surface area contributed by atoms with Crippen LogP contribution in [0, 0.1) is 6.92 Å². The summed E-state index contributed by atoms with van der Waals surface area (Å²) in [7, 11) is 0. The molecule has 9 heteroatoms. The van der Waals surface area contributed by atoms with E-state index in [4.69, 9.17) is 0 Å². The molecule has 0 unspecified atom stereocenters. The number of carbonyl (C=O) groups is 1. The fourth-order valence-corrected chi connectivity index (χ4v) is 2.38. The number of aromatic amines is 1. The van der Waals surface area contributed by atoms with Crippen LogP contribution in [0.3, 0.4) is 0 Å². The van der Waals surface area contributed by atoms with Crippen LogP contribution in [0.2, 0.25) is 0 Å². The molecule has 110 valence electrons. The van der Waals surface area contributed by atoms with Crippen LogP contribution >= 0.6 is 11.3 Å². The summed E-state index contributed by atoms with van der Waals surface area (Å²) in [5.41, 5.74) is 1.70. The number of aromatic nitrogens is 5. The van der Waals surface area contributed by atoms with Crippen LogP contribution < -0.4 is 15.6 Å². The van der Waals surface area contributed by atoms with E-state index < -0.39 is 0 Å². The number of anilines is 3. The Morgan fingerprint density at radius 3 is 2.91 bits per heavy atom. The van der Waals surface area contributed by atoms with Crippen molar-refractivity contribution in [1.82, 2.24) is 19.9 Å². The quantitative estimate of drug-likeness (QED) is 0.754. The molecule has 0 saturated heterocycles. The lowest BCUT2D eigenvalue weighted by Gasteiger charge is -2.07. The van der Waals surface area contributed by atoms with Gasteiger partial charge in [0.2, 0.25) is 0 Å². The molecule has 8 nitrogen and oxygen atoms in total. The van der Waals surface area contributed by atoms with Crippen molar-refractivity contribution < 1.29 is 9.78 Å². The molecule has 0 atom stereocenters. The lowest BCUT2D eigenvalue weighted by atomic mass is 10.3. The van der Waals surface area contributed by atoms with Crippen LogP contribution in [0.25, 0.3) is 0 Å². The Morgan fingerprint density at radius 1 is 1.32 bits per heavy atom. The summed E-state index contributed by atoms with van der Waals surface area (Å²) in [5, 5.41) is 8.09. The van der Waals surface area contributed by atoms with Crippen molar-refractivity contribution >= 4 is 33.9 Å². The van der Waals surface area contributed by atoms with Crippen molar-refractivity contribution in [2.45, 2.75) is 6.92 Å². The van der Waals surface area contributed by atoms with Crippen molar-refractivity contribution in [3.05, 3.63) is 47.9 Å². The zero-order chi connectivity index (χ0) is 15.4. The van der Waals surface area contributed by atoms with E-state index in [1.54, 1.807) is 18.7 Å². The smallest absolute Gasteiger partial charge is 0.284 e. The predicted octanol–water partition coefficient (Wildman–Crippen LogP) is 1.45. The molecule has 0 saturated carbocycles. The molecule has 0 aliphatic carbocycles. The van der Waals surface area contributed by atoms with Crippen LogP contribution in [0.1, 0.15) is 16.2 Å². The van der Waals surface area contributed by atoms with Gasteiger partial charge in [0, 0.05) is 17.8 Å². The van der Waals surface area contributed by atoms with Gasteiger partial charge in [-0.15, -0.1) is 11.3 Å². The van der Waals surface area contributed by atoms with Crippen LogP contribution in [-0.2, 0) is 0 Å². The molecule has 0 aliphatic heterocycles. The molecule has 3 aromatic heterocycles. The van der Waals surface area contributed by atoms with E-state index in [0.717, 1.165) is 5.69 Å². The molecule has 0 fully saturated rings. The maximum absolute atomic E-state index is 12.3. The van der Waals surface area contributed by atoms with Gasteiger partial charge in [0.1, 0.15) is 11.9 Å². The number of hydrogen-bond acceptors (Lipinski definition) is 7. The average molecular weight is 314 g/mol. The summed E-state index contributed by atoms with van der Waals surface area (Å²) >= 11 is 1.36. The number of nitrogens with zero attached hydrogens (tertiary/aromatic N) is 4. The van der Waals surface area contributed by atoms with Gasteiger partial charge in [0.15, 0.2) is 22.8 Å². The lowest BCUT2D eigenvalue weighted by Crippen LogP contribution is -2.16. The van der Waals surface area contributed by atoms with Gasteiger partial charge in [-0.1, -0.05) is 4.98 Å². The van der Waals surface area contributed by atoms with Gasteiger partial charge in [-0.2, -0.15) is 0 Å². The minimum Gasteiger partial charge on any atom is -0.332 e. The van der Waals surface area contributed by atoms with E-state index in [1.807, 2.05) is 12.3 Å². The molecular weight excluding hydrogens is 302 g/mol. The summed E-state index contributed by atoms with van der Waals surface area (Å²) in [6, 6.07) is 0. The van der Waals surface area contributed by atoms with Gasteiger partial charge in [0.25, 0.3) is 12.2 Å². The van der Waals surface area contributed by atoms with Gasteiger partial charge in [-0.05, 0) is 6.92 Å². The van der Waals surface area contributed by atoms with Gasteiger partial charge < -0.3 is 5.32 Å². The van der Waals surface area contributed by atoms with Crippen molar-refractivity contribution in [2.24, 2.45) is 0 Å². The summed E-state index contributed by atoms with van der Waals surface area (Å²) in [6.07, 6.45) is 7.82. The fourth-order valence-electron chi connectivity index (χ4n) is 1.69. The monoisotopic (exact) mass is 314 g/mol. The molecular formula is C13H12N7OS+. The Bertz CT molecular complexity index is 790.